The number of aromatic nitrogens is 2. The lowest BCUT2D eigenvalue weighted by molar-refractivity contribution is -0.121. The van der Waals surface area contributed by atoms with Gasteiger partial charge in [0.25, 0.3) is 5.91 Å². The Bertz CT molecular complexity index is 721. The predicted octanol–water partition coefficient (Wildman–Crippen LogP) is 2.39. The molecule has 2 heterocycles. The fourth-order valence-corrected chi connectivity index (χ4v) is 3.09. The molecule has 1 aromatic heterocycles. The minimum Gasteiger partial charge on any atom is -0.468 e. The first-order valence-corrected chi connectivity index (χ1v) is 7.52. The highest BCUT2D eigenvalue weighted by Gasteiger charge is 2.30. The van der Waals surface area contributed by atoms with Gasteiger partial charge in [0, 0.05) is 24.3 Å². The van der Waals surface area contributed by atoms with Crippen LogP contribution in [0.3, 0.4) is 0 Å². The topological polar surface area (TPSA) is 47.4 Å². The summed E-state index contributed by atoms with van der Waals surface area (Å²) < 4.78 is 7.42. The molecule has 0 N–H and O–H groups in total. The van der Waals surface area contributed by atoms with Crippen LogP contribution in [0, 0.1) is 13.8 Å². The summed E-state index contributed by atoms with van der Waals surface area (Å²) in [6.45, 7) is 5.98. The Morgan fingerprint density at radius 1 is 1.36 bits per heavy atom. The number of nitrogens with zero attached hydrogens (tertiary/aromatic N) is 3. The van der Waals surface area contributed by atoms with Gasteiger partial charge in [-0.25, -0.2) is 4.68 Å². The van der Waals surface area contributed by atoms with Gasteiger partial charge in [0.15, 0.2) is 6.61 Å². The Labute approximate surface area is 130 Å². The smallest absolute Gasteiger partial charge is 0.265 e. The number of benzene rings is 1. The van der Waals surface area contributed by atoms with Crippen LogP contribution in [0.1, 0.15) is 23.7 Å². The van der Waals surface area contributed by atoms with Gasteiger partial charge in [0.1, 0.15) is 0 Å². The molecule has 1 unspecified atom stereocenters. The van der Waals surface area contributed by atoms with Crippen molar-refractivity contribution in [2.75, 3.05) is 11.5 Å². The maximum atomic E-state index is 12.6. The molecule has 0 spiro atoms. The predicted molar refractivity (Wildman–Crippen MR) is 85.3 cm³/mol. The van der Waals surface area contributed by atoms with Crippen LogP contribution in [-0.2, 0) is 18.3 Å². The number of amides is 1. The molecule has 0 radical (unpaired) electrons. The van der Waals surface area contributed by atoms with E-state index in [1.165, 1.54) is 5.56 Å². The average Bonchev–Trinajstić information content (AvgIpc) is 2.93. The van der Waals surface area contributed by atoms with E-state index in [1.54, 1.807) is 4.68 Å². The Hall–Kier alpha value is -2.30. The number of anilines is 1. The summed E-state index contributed by atoms with van der Waals surface area (Å²) in [5, 5.41) is 4.30. The molecule has 22 heavy (non-hydrogen) atoms. The van der Waals surface area contributed by atoms with Gasteiger partial charge in [-0.05, 0) is 38.8 Å². The first-order valence-electron chi connectivity index (χ1n) is 7.52. The van der Waals surface area contributed by atoms with Gasteiger partial charge in [-0.15, -0.1) is 0 Å². The van der Waals surface area contributed by atoms with Gasteiger partial charge >= 0.3 is 0 Å². The van der Waals surface area contributed by atoms with Crippen LogP contribution in [0.15, 0.2) is 24.3 Å². The van der Waals surface area contributed by atoms with Crippen molar-refractivity contribution in [1.82, 2.24) is 9.78 Å². The van der Waals surface area contributed by atoms with Crippen molar-refractivity contribution in [3.05, 3.63) is 41.1 Å². The SMILES string of the molecule is Cc1nn(C)c(OCC(=O)N2c3ccccc3CC2C)c1C. The van der Waals surface area contributed by atoms with E-state index < -0.39 is 0 Å². The van der Waals surface area contributed by atoms with E-state index in [9.17, 15) is 4.79 Å². The lowest BCUT2D eigenvalue weighted by Gasteiger charge is -2.22. The second-order valence-electron chi connectivity index (χ2n) is 5.87. The molecule has 1 aromatic carbocycles. The van der Waals surface area contributed by atoms with Crippen LogP contribution >= 0.6 is 0 Å². The quantitative estimate of drug-likeness (QED) is 0.874. The van der Waals surface area contributed by atoms with Crippen molar-refractivity contribution < 1.29 is 9.53 Å². The lowest BCUT2D eigenvalue weighted by Crippen LogP contribution is -2.39. The molecule has 1 aliphatic heterocycles. The number of fused-ring (bicyclic) bond motifs is 1. The molecule has 0 saturated heterocycles. The zero-order chi connectivity index (χ0) is 15.9. The van der Waals surface area contributed by atoms with Gasteiger partial charge < -0.3 is 9.64 Å². The molecule has 116 valence electrons. The van der Waals surface area contributed by atoms with Crippen molar-refractivity contribution in [3.63, 3.8) is 0 Å². The largest absolute Gasteiger partial charge is 0.468 e. The van der Waals surface area contributed by atoms with E-state index in [2.05, 4.69) is 18.1 Å². The number of hydrogen-bond acceptors (Lipinski definition) is 3. The second-order valence-corrected chi connectivity index (χ2v) is 5.87. The summed E-state index contributed by atoms with van der Waals surface area (Å²) in [5.41, 5.74) is 4.12. The summed E-state index contributed by atoms with van der Waals surface area (Å²) in [7, 11) is 1.83. The third kappa shape index (κ3) is 2.36. The zero-order valence-corrected chi connectivity index (χ0v) is 13.5. The van der Waals surface area contributed by atoms with E-state index >= 15 is 0 Å². The van der Waals surface area contributed by atoms with Gasteiger partial charge in [-0.2, -0.15) is 5.10 Å². The van der Waals surface area contributed by atoms with Crippen molar-refractivity contribution in [2.24, 2.45) is 7.05 Å². The normalized spacial score (nSPS) is 16.7. The molecule has 1 amide bonds. The van der Waals surface area contributed by atoms with Crippen molar-refractivity contribution in [2.45, 2.75) is 33.2 Å². The van der Waals surface area contributed by atoms with Gasteiger partial charge in [0.2, 0.25) is 5.88 Å². The zero-order valence-electron chi connectivity index (χ0n) is 13.5. The second kappa shape index (κ2) is 5.48. The fourth-order valence-electron chi connectivity index (χ4n) is 3.09. The lowest BCUT2D eigenvalue weighted by atomic mass is 10.1. The maximum Gasteiger partial charge on any atom is 0.265 e. The first-order chi connectivity index (χ1) is 10.5. The Morgan fingerprint density at radius 2 is 2.09 bits per heavy atom. The van der Waals surface area contributed by atoms with Crippen LogP contribution in [0.5, 0.6) is 5.88 Å². The van der Waals surface area contributed by atoms with E-state index in [0.29, 0.717) is 5.88 Å². The number of carbonyl (C=O) groups is 1. The Morgan fingerprint density at radius 3 is 2.77 bits per heavy atom. The molecule has 1 atom stereocenters. The molecule has 3 rings (SSSR count). The maximum absolute atomic E-state index is 12.6. The minimum absolute atomic E-state index is 0.0179. The summed E-state index contributed by atoms with van der Waals surface area (Å²) in [6, 6.07) is 8.22. The van der Waals surface area contributed by atoms with E-state index in [4.69, 9.17) is 4.74 Å². The number of carbonyl (C=O) groups excluding carboxylic acids is 1. The number of hydrogen-bond donors (Lipinski definition) is 0. The highest BCUT2D eigenvalue weighted by atomic mass is 16.5. The van der Waals surface area contributed by atoms with Crippen LogP contribution in [0.4, 0.5) is 5.69 Å². The molecule has 0 aliphatic carbocycles. The van der Waals surface area contributed by atoms with Crippen molar-refractivity contribution in [3.8, 4) is 5.88 Å². The molecular weight excluding hydrogens is 278 g/mol. The van der Waals surface area contributed by atoms with Crippen LogP contribution in [-0.4, -0.2) is 28.3 Å². The van der Waals surface area contributed by atoms with Gasteiger partial charge in [-0.1, -0.05) is 18.2 Å². The monoisotopic (exact) mass is 299 g/mol. The molecule has 0 fully saturated rings. The fraction of sp³-hybridized carbons (Fsp3) is 0.412. The summed E-state index contributed by atoms with van der Waals surface area (Å²) in [5.74, 6) is 0.640. The number of aryl methyl sites for hydroxylation is 2. The van der Waals surface area contributed by atoms with E-state index in [-0.39, 0.29) is 18.6 Å². The Kier molecular flexibility index (Phi) is 3.64. The standard InChI is InChI=1S/C17H21N3O2/c1-11-9-14-7-5-6-8-15(14)20(11)16(21)10-22-17-12(2)13(3)18-19(17)4/h5-8,11H,9-10H2,1-4H3. The Balaban J connectivity index is 1.75. The van der Waals surface area contributed by atoms with Crippen LogP contribution in [0.25, 0.3) is 0 Å². The molecule has 0 bridgehead atoms. The number of para-hydroxylation sites is 1. The third-order valence-electron chi connectivity index (χ3n) is 4.27. The van der Waals surface area contributed by atoms with Crippen molar-refractivity contribution >= 4 is 11.6 Å². The highest BCUT2D eigenvalue weighted by molar-refractivity contribution is 5.97. The van der Waals surface area contributed by atoms with Crippen LogP contribution < -0.4 is 9.64 Å². The molecular formula is C17H21N3O2. The molecule has 2 aromatic rings. The van der Waals surface area contributed by atoms with Gasteiger partial charge in [-0.3, -0.25) is 4.79 Å². The number of rotatable bonds is 3. The van der Waals surface area contributed by atoms with Gasteiger partial charge in [0.05, 0.1) is 5.69 Å². The van der Waals surface area contributed by atoms with Crippen LogP contribution in [0.2, 0.25) is 0 Å². The summed E-state index contributed by atoms with van der Waals surface area (Å²) in [6.07, 6.45) is 0.895. The molecule has 0 saturated carbocycles. The third-order valence-corrected chi connectivity index (χ3v) is 4.27. The number of ether oxygens (including phenoxy) is 1. The minimum atomic E-state index is -0.0179. The molecule has 5 nitrogen and oxygen atoms in total. The highest BCUT2D eigenvalue weighted by Crippen LogP contribution is 2.32. The molecule has 5 heteroatoms. The molecule has 1 aliphatic rings. The van der Waals surface area contributed by atoms with E-state index in [1.807, 2.05) is 44.0 Å². The summed E-state index contributed by atoms with van der Waals surface area (Å²) in [4.78, 5) is 14.4. The summed E-state index contributed by atoms with van der Waals surface area (Å²) >= 11 is 0. The van der Waals surface area contributed by atoms with Crippen molar-refractivity contribution in [1.29, 1.82) is 0 Å². The van der Waals surface area contributed by atoms with E-state index in [0.717, 1.165) is 23.4 Å². The first kappa shape index (κ1) is 14.6. The average molecular weight is 299 g/mol.